The lowest BCUT2D eigenvalue weighted by atomic mass is 10.1. The summed E-state index contributed by atoms with van der Waals surface area (Å²) in [6, 6.07) is 12.6. The third kappa shape index (κ3) is 4.60. The summed E-state index contributed by atoms with van der Waals surface area (Å²) in [4.78, 5) is 31.5. The van der Waals surface area contributed by atoms with Crippen LogP contribution in [0.2, 0.25) is 5.02 Å². The summed E-state index contributed by atoms with van der Waals surface area (Å²) in [7, 11) is 0. The molecule has 0 aliphatic carbocycles. The number of halogens is 1. The first-order valence-electron chi connectivity index (χ1n) is 8.26. The van der Waals surface area contributed by atoms with E-state index >= 15 is 0 Å². The first-order chi connectivity index (χ1) is 13.3. The van der Waals surface area contributed by atoms with Crippen LogP contribution in [0.3, 0.4) is 0 Å². The van der Waals surface area contributed by atoms with Gasteiger partial charge in [0.1, 0.15) is 5.56 Å². The third-order valence-corrected chi connectivity index (χ3v) is 4.02. The van der Waals surface area contributed by atoms with Crippen molar-refractivity contribution in [2.24, 2.45) is 0 Å². The number of carbonyl (C=O) groups is 1. The van der Waals surface area contributed by atoms with E-state index in [2.05, 4.69) is 20.6 Å². The molecule has 3 rings (SSSR count). The predicted octanol–water partition coefficient (Wildman–Crippen LogP) is 4.65. The number of hydrogen-bond acceptors (Lipinski definition) is 6. The summed E-state index contributed by atoms with van der Waals surface area (Å²) in [5, 5.41) is 17.1. The second-order valence-electron chi connectivity index (χ2n) is 6.05. The number of benzene rings is 2. The van der Waals surface area contributed by atoms with Gasteiger partial charge in [-0.2, -0.15) is 0 Å². The van der Waals surface area contributed by atoms with Crippen LogP contribution < -0.4 is 10.6 Å². The van der Waals surface area contributed by atoms with Gasteiger partial charge >= 0.3 is 0 Å². The maximum absolute atomic E-state index is 12.4. The van der Waals surface area contributed by atoms with E-state index in [4.69, 9.17) is 11.6 Å². The van der Waals surface area contributed by atoms with Gasteiger partial charge in [0.05, 0.1) is 4.92 Å². The summed E-state index contributed by atoms with van der Waals surface area (Å²) in [5.74, 6) is -0.118. The summed E-state index contributed by atoms with van der Waals surface area (Å²) >= 11 is 5.78. The molecule has 0 unspecified atom stereocenters. The van der Waals surface area contributed by atoms with E-state index in [1.807, 2.05) is 19.9 Å². The minimum atomic E-state index is -0.641. The molecule has 1 heterocycles. The predicted molar refractivity (Wildman–Crippen MR) is 107 cm³/mol. The van der Waals surface area contributed by atoms with Crippen molar-refractivity contribution in [1.82, 2.24) is 9.97 Å². The normalized spacial score (nSPS) is 10.4. The van der Waals surface area contributed by atoms with E-state index in [1.54, 1.807) is 24.3 Å². The Hall–Kier alpha value is -3.52. The van der Waals surface area contributed by atoms with E-state index in [1.165, 1.54) is 12.1 Å². The van der Waals surface area contributed by atoms with E-state index in [0.29, 0.717) is 11.6 Å². The highest BCUT2D eigenvalue weighted by Crippen LogP contribution is 2.25. The van der Waals surface area contributed by atoms with Crippen LogP contribution in [0.5, 0.6) is 0 Å². The number of aryl methyl sites for hydroxylation is 2. The molecule has 0 aliphatic rings. The molecule has 1 aromatic heterocycles. The number of amides is 1. The quantitative estimate of drug-likeness (QED) is 0.479. The Kier molecular flexibility index (Phi) is 5.51. The number of nitro groups is 1. The summed E-state index contributed by atoms with van der Waals surface area (Å²) < 4.78 is 0. The van der Waals surface area contributed by atoms with Gasteiger partial charge in [0, 0.05) is 33.9 Å². The van der Waals surface area contributed by atoms with Gasteiger partial charge in [-0.15, -0.1) is 0 Å². The number of anilines is 3. The molecule has 3 aromatic rings. The van der Waals surface area contributed by atoms with Gasteiger partial charge in [-0.1, -0.05) is 11.6 Å². The number of aromatic nitrogens is 2. The van der Waals surface area contributed by atoms with Gasteiger partial charge in [-0.05, 0) is 56.3 Å². The summed E-state index contributed by atoms with van der Waals surface area (Å²) in [6.45, 7) is 3.77. The van der Waals surface area contributed by atoms with E-state index in [9.17, 15) is 14.9 Å². The van der Waals surface area contributed by atoms with Crippen molar-refractivity contribution in [2.45, 2.75) is 13.8 Å². The highest BCUT2D eigenvalue weighted by Gasteiger charge is 2.20. The Morgan fingerprint density at radius 3 is 2.21 bits per heavy atom. The molecule has 8 nitrogen and oxygen atoms in total. The molecule has 0 saturated heterocycles. The van der Waals surface area contributed by atoms with Crippen LogP contribution in [0.25, 0.3) is 0 Å². The average molecular weight is 398 g/mol. The highest BCUT2D eigenvalue weighted by molar-refractivity contribution is 6.31. The summed E-state index contributed by atoms with van der Waals surface area (Å²) in [5.41, 5.74) is 2.50. The van der Waals surface area contributed by atoms with Crippen molar-refractivity contribution >= 4 is 40.5 Å². The Morgan fingerprint density at radius 1 is 1.00 bits per heavy atom. The van der Waals surface area contributed by atoms with Crippen LogP contribution >= 0.6 is 11.6 Å². The van der Waals surface area contributed by atoms with Gasteiger partial charge in [0.15, 0.2) is 0 Å². The molecular formula is C19H16ClN5O3. The maximum Gasteiger partial charge on any atom is 0.283 e. The van der Waals surface area contributed by atoms with Crippen LogP contribution in [0.1, 0.15) is 21.7 Å². The first-order valence-corrected chi connectivity index (χ1v) is 8.64. The SMILES string of the molecule is Cc1cc(C)nc(Nc2ccc(NC(=O)c3ccc(Cl)cc3[N+](=O)[O-])cc2)n1. The van der Waals surface area contributed by atoms with E-state index in [-0.39, 0.29) is 16.3 Å². The van der Waals surface area contributed by atoms with Crippen molar-refractivity contribution in [1.29, 1.82) is 0 Å². The van der Waals surface area contributed by atoms with Gasteiger partial charge < -0.3 is 10.6 Å². The van der Waals surface area contributed by atoms with Crippen molar-refractivity contribution in [3.8, 4) is 0 Å². The fourth-order valence-electron chi connectivity index (χ4n) is 2.59. The lowest BCUT2D eigenvalue weighted by molar-refractivity contribution is -0.385. The van der Waals surface area contributed by atoms with Crippen molar-refractivity contribution in [2.75, 3.05) is 10.6 Å². The molecule has 0 bridgehead atoms. The van der Waals surface area contributed by atoms with Crippen LogP contribution in [-0.2, 0) is 0 Å². The van der Waals surface area contributed by atoms with Crippen molar-refractivity contribution in [3.05, 3.63) is 80.6 Å². The Labute approximate surface area is 165 Å². The molecule has 9 heteroatoms. The van der Waals surface area contributed by atoms with Gasteiger partial charge in [-0.25, -0.2) is 9.97 Å². The Morgan fingerprint density at radius 2 is 1.61 bits per heavy atom. The molecule has 2 N–H and O–H groups in total. The zero-order valence-corrected chi connectivity index (χ0v) is 15.8. The van der Waals surface area contributed by atoms with Crippen molar-refractivity contribution in [3.63, 3.8) is 0 Å². The van der Waals surface area contributed by atoms with Gasteiger partial charge in [0.2, 0.25) is 5.95 Å². The molecule has 0 fully saturated rings. The van der Waals surface area contributed by atoms with Crippen LogP contribution in [0.4, 0.5) is 23.0 Å². The number of hydrogen-bond donors (Lipinski definition) is 2. The standard InChI is InChI=1S/C19H16ClN5O3/c1-11-9-12(2)22-19(21-11)24-15-6-4-14(5-7-15)23-18(26)16-8-3-13(20)10-17(16)25(27)28/h3-10H,1-2H3,(H,23,26)(H,21,22,24). The summed E-state index contributed by atoms with van der Waals surface area (Å²) in [6.07, 6.45) is 0. The number of nitrogens with zero attached hydrogens (tertiary/aromatic N) is 3. The molecule has 2 aromatic carbocycles. The minimum Gasteiger partial charge on any atom is -0.324 e. The Balaban J connectivity index is 1.74. The molecule has 0 atom stereocenters. The molecule has 0 radical (unpaired) electrons. The fourth-order valence-corrected chi connectivity index (χ4v) is 2.76. The van der Waals surface area contributed by atoms with Crippen molar-refractivity contribution < 1.29 is 9.72 Å². The smallest absolute Gasteiger partial charge is 0.283 e. The number of nitrogens with one attached hydrogen (secondary N) is 2. The fraction of sp³-hybridized carbons (Fsp3) is 0.105. The second-order valence-corrected chi connectivity index (χ2v) is 6.49. The zero-order chi connectivity index (χ0) is 20.3. The van der Waals surface area contributed by atoms with Gasteiger partial charge in [-0.3, -0.25) is 14.9 Å². The third-order valence-electron chi connectivity index (χ3n) is 3.78. The second kappa shape index (κ2) is 8.01. The largest absolute Gasteiger partial charge is 0.324 e. The van der Waals surface area contributed by atoms with Crippen LogP contribution in [-0.4, -0.2) is 20.8 Å². The van der Waals surface area contributed by atoms with E-state index < -0.39 is 10.8 Å². The molecular weight excluding hydrogens is 382 g/mol. The molecule has 0 saturated carbocycles. The molecule has 28 heavy (non-hydrogen) atoms. The monoisotopic (exact) mass is 397 g/mol. The topological polar surface area (TPSA) is 110 Å². The van der Waals surface area contributed by atoms with Crippen LogP contribution in [0.15, 0.2) is 48.5 Å². The number of rotatable bonds is 5. The molecule has 0 aliphatic heterocycles. The Bertz CT molecular complexity index is 1030. The lowest BCUT2D eigenvalue weighted by Gasteiger charge is -2.09. The molecule has 0 spiro atoms. The van der Waals surface area contributed by atoms with E-state index in [0.717, 1.165) is 23.1 Å². The zero-order valence-electron chi connectivity index (χ0n) is 15.1. The molecule has 142 valence electrons. The number of nitro benzene ring substituents is 1. The number of carbonyl (C=O) groups excluding carboxylic acids is 1. The lowest BCUT2D eigenvalue weighted by Crippen LogP contribution is -2.14. The van der Waals surface area contributed by atoms with Crippen LogP contribution in [0, 0.1) is 24.0 Å². The maximum atomic E-state index is 12.4. The highest BCUT2D eigenvalue weighted by atomic mass is 35.5. The minimum absolute atomic E-state index is 0.0692. The van der Waals surface area contributed by atoms with Gasteiger partial charge in [0.25, 0.3) is 11.6 Å². The molecule has 1 amide bonds. The first kappa shape index (κ1) is 19.2. The average Bonchev–Trinajstić information content (AvgIpc) is 2.62.